The molecule has 34 heavy (non-hydrogen) atoms. The molecule has 2 aliphatic carbocycles. The van der Waals surface area contributed by atoms with Gasteiger partial charge in [0.25, 0.3) is 0 Å². The molecule has 6 rings (SSSR count). The number of aromatic nitrogens is 4. The first kappa shape index (κ1) is 20.9. The summed E-state index contributed by atoms with van der Waals surface area (Å²) in [6.07, 6.45) is 8.98. The molecule has 4 aromatic rings. The Morgan fingerprint density at radius 1 is 1.09 bits per heavy atom. The van der Waals surface area contributed by atoms with Crippen molar-refractivity contribution in [1.29, 1.82) is 0 Å². The Labute approximate surface area is 201 Å². The van der Waals surface area contributed by atoms with E-state index >= 15 is 0 Å². The Morgan fingerprint density at radius 2 is 1.91 bits per heavy atom. The van der Waals surface area contributed by atoms with Crippen molar-refractivity contribution >= 4 is 40.5 Å². The van der Waals surface area contributed by atoms with Crippen molar-refractivity contribution in [3.63, 3.8) is 0 Å². The summed E-state index contributed by atoms with van der Waals surface area (Å²) in [5.74, 6) is 1.77. The lowest BCUT2D eigenvalue weighted by Crippen LogP contribution is -2.16. The molecule has 8 nitrogen and oxygen atoms in total. The van der Waals surface area contributed by atoms with Crippen molar-refractivity contribution in [2.75, 3.05) is 16.4 Å². The highest BCUT2D eigenvalue weighted by molar-refractivity contribution is 6.33. The Balaban J connectivity index is 1.07. The van der Waals surface area contributed by atoms with E-state index in [0.717, 1.165) is 23.3 Å². The number of fused-ring (bicyclic) bond motifs is 1. The minimum absolute atomic E-state index is 0.0607. The van der Waals surface area contributed by atoms with Crippen molar-refractivity contribution in [3.05, 3.63) is 77.0 Å². The van der Waals surface area contributed by atoms with Crippen LogP contribution in [0.4, 0.5) is 17.3 Å². The number of nitrogens with zero attached hydrogens (tertiary/aromatic N) is 4. The number of nitrogens with one attached hydrogen (secondary N) is 2. The fraction of sp³-hybridized carbons (Fsp3) is 0.280. The van der Waals surface area contributed by atoms with Crippen LogP contribution in [0, 0.1) is 5.92 Å². The Kier molecular flexibility index (Phi) is 5.10. The quantitative estimate of drug-likeness (QED) is 0.338. The van der Waals surface area contributed by atoms with E-state index < -0.39 is 0 Å². The molecule has 0 radical (unpaired) electrons. The molecule has 2 fully saturated rings. The number of hydrogen-bond acceptors (Lipinski definition) is 6. The second kappa shape index (κ2) is 8.29. The van der Waals surface area contributed by atoms with E-state index in [2.05, 4.69) is 48.3 Å². The second-order valence-electron chi connectivity index (χ2n) is 9.10. The standard InChI is InChI=1S/C25H24ClN7O/c26-20-7-15(3-5-21(20)27)18-8-19(18)25(34)32-23-9-22(29-13-30-23)28-10-17-12-33-11-16(14-1-2-14)4-6-24(33)31-17/h3-7,9,11-14,18-19H,1-2,8,10,27H2,(H2,28,29,30,32,34)/t18-,19+/m1/s1. The number of imidazole rings is 1. The molecule has 2 saturated carbocycles. The fourth-order valence-corrected chi connectivity index (χ4v) is 4.54. The van der Waals surface area contributed by atoms with E-state index in [1.807, 2.05) is 18.3 Å². The highest BCUT2D eigenvalue weighted by atomic mass is 35.5. The van der Waals surface area contributed by atoms with Gasteiger partial charge in [-0.15, -0.1) is 0 Å². The first-order valence-corrected chi connectivity index (χ1v) is 11.8. The van der Waals surface area contributed by atoms with Gasteiger partial charge in [-0.1, -0.05) is 23.7 Å². The van der Waals surface area contributed by atoms with Gasteiger partial charge in [0.1, 0.15) is 23.6 Å². The summed E-state index contributed by atoms with van der Waals surface area (Å²) < 4.78 is 2.08. The van der Waals surface area contributed by atoms with Gasteiger partial charge in [0.15, 0.2) is 0 Å². The lowest BCUT2D eigenvalue weighted by Gasteiger charge is -2.07. The number of benzene rings is 1. The number of carbonyl (C=O) groups is 1. The number of pyridine rings is 1. The second-order valence-corrected chi connectivity index (χ2v) is 9.50. The summed E-state index contributed by atoms with van der Waals surface area (Å²) in [5, 5.41) is 6.69. The average Bonchev–Trinajstić information content (AvgIpc) is 3.76. The molecule has 9 heteroatoms. The number of nitrogen functional groups attached to an aromatic ring is 1. The van der Waals surface area contributed by atoms with Crippen LogP contribution in [0.5, 0.6) is 0 Å². The molecule has 1 amide bonds. The lowest BCUT2D eigenvalue weighted by molar-refractivity contribution is -0.117. The summed E-state index contributed by atoms with van der Waals surface area (Å²) in [6.45, 7) is 0.521. The van der Waals surface area contributed by atoms with Crippen LogP contribution in [-0.2, 0) is 11.3 Å². The highest BCUT2D eigenvalue weighted by Gasteiger charge is 2.44. The third-order valence-corrected chi connectivity index (χ3v) is 6.85. The maximum absolute atomic E-state index is 12.7. The largest absolute Gasteiger partial charge is 0.398 e. The molecule has 172 valence electrons. The lowest BCUT2D eigenvalue weighted by atomic mass is 10.1. The molecule has 0 aliphatic heterocycles. The third-order valence-electron chi connectivity index (χ3n) is 6.52. The Hall–Kier alpha value is -3.65. The number of anilines is 3. The number of amides is 1. The zero-order valence-corrected chi connectivity index (χ0v) is 19.2. The molecule has 3 aromatic heterocycles. The van der Waals surface area contributed by atoms with Gasteiger partial charge >= 0.3 is 0 Å². The van der Waals surface area contributed by atoms with Crippen LogP contribution >= 0.6 is 11.6 Å². The van der Waals surface area contributed by atoms with Crippen molar-refractivity contribution < 1.29 is 4.79 Å². The van der Waals surface area contributed by atoms with E-state index in [4.69, 9.17) is 17.3 Å². The van der Waals surface area contributed by atoms with E-state index in [0.29, 0.717) is 34.8 Å². The van der Waals surface area contributed by atoms with Crippen LogP contribution in [-0.4, -0.2) is 25.3 Å². The summed E-state index contributed by atoms with van der Waals surface area (Å²) in [7, 11) is 0. The fourth-order valence-electron chi connectivity index (χ4n) is 4.35. The van der Waals surface area contributed by atoms with Gasteiger partial charge < -0.3 is 20.8 Å². The molecule has 4 N–H and O–H groups in total. The van der Waals surface area contributed by atoms with E-state index in [1.54, 1.807) is 12.1 Å². The normalized spacial score (nSPS) is 19.2. The van der Waals surface area contributed by atoms with Crippen LogP contribution in [0.25, 0.3) is 5.65 Å². The average molecular weight is 474 g/mol. The predicted octanol–water partition coefficient (Wildman–Crippen LogP) is 4.59. The summed E-state index contributed by atoms with van der Waals surface area (Å²) in [5.41, 5.74) is 10.6. The van der Waals surface area contributed by atoms with Gasteiger partial charge in [-0.3, -0.25) is 4.79 Å². The number of nitrogens with two attached hydrogens (primary N) is 1. The van der Waals surface area contributed by atoms with Crippen LogP contribution in [0.15, 0.2) is 55.1 Å². The van der Waals surface area contributed by atoms with Crippen molar-refractivity contribution in [3.8, 4) is 0 Å². The SMILES string of the molecule is Nc1ccc([C@H]2C[C@@H]2C(=O)Nc2cc(NCc3cn4cc(C5CC5)ccc4n3)ncn2)cc1Cl. The first-order valence-electron chi connectivity index (χ1n) is 11.4. The van der Waals surface area contributed by atoms with Crippen LogP contribution in [0.1, 0.15) is 47.9 Å². The van der Waals surface area contributed by atoms with Crippen LogP contribution in [0.3, 0.4) is 0 Å². The molecule has 1 aromatic carbocycles. The minimum Gasteiger partial charge on any atom is -0.398 e. The van der Waals surface area contributed by atoms with E-state index in [-0.39, 0.29) is 17.7 Å². The van der Waals surface area contributed by atoms with E-state index in [1.165, 1.54) is 24.7 Å². The van der Waals surface area contributed by atoms with Gasteiger partial charge in [0, 0.05) is 24.4 Å². The number of hydrogen-bond donors (Lipinski definition) is 3. The van der Waals surface area contributed by atoms with Gasteiger partial charge in [0.05, 0.1) is 22.9 Å². The topological polar surface area (TPSA) is 110 Å². The predicted molar refractivity (Wildman–Crippen MR) is 132 cm³/mol. The van der Waals surface area contributed by atoms with Gasteiger partial charge in [-0.05, 0) is 60.4 Å². The maximum atomic E-state index is 12.7. The van der Waals surface area contributed by atoms with Gasteiger partial charge in [-0.2, -0.15) is 0 Å². The molecule has 0 bridgehead atoms. The van der Waals surface area contributed by atoms with Crippen LogP contribution in [0.2, 0.25) is 5.02 Å². The molecule has 0 unspecified atom stereocenters. The molecular weight excluding hydrogens is 450 g/mol. The van der Waals surface area contributed by atoms with Crippen molar-refractivity contribution in [2.24, 2.45) is 5.92 Å². The van der Waals surface area contributed by atoms with E-state index in [9.17, 15) is 4.79 Å². The molecule has 2 aliphatic rings. The van der Waals surface area contributed by atoms with Crippen LogP contribution < -0.4 is 16.4 Å². The van der Waals surface area contributed by atoms with Gasteiger partial charge in [0.2, 0.25) is 5.91 Å². The molecule has 2 atom stereocenters. The molecule has 3 heterocycles. The smallest absolute Gasteiger partial charge is 0.229 e. The summed E-state index contributed by atoms with van der Waals surface area (Å²) >= 11 is 6.12. The first-order chi connectivity index (χ1) is 16.5. The zero-order valence-electron chi connectivity index (χ0n) is 18.4. The monoisotopic (exact) mass is 473 g/mol. The molecule has 0 spiro atoms. The molecular formula is C25H24ClN7O. The maximum Gasteiger partial charge on any atom is 0.229 e. The number of halogens is 1. The molecule has 0 saturated heterocycles. The van der Waals surface area contributed by atoms with Crippen molar-refractivity contribution in [1.82, 2.24) is 19.4 Å². The summed E-state index contributed by atoms with van der Waals surface area (Å²) in [6, 6.07) is 11.5. The zero-order chi connectivity index (χ0) is 23.2. The minimum atomic E-state index is -0.107. The number of carbonyl (C=O) groups excluding carboxylic acids is 1. The third kappa shape index (κ3) is 4.28. The Morgan fingerprint density at radius 3 is 2.74 bits per heavy atom. The summed E-state index contributed by atoms with van der Waals surface area (Å²) in [4.78, 5) is 25.8. The van der Waals surface area contributed by atoms with Gasteiger partial charge in [-0.25, -0.2) is 15.0 Å². The van der Waals surface area contributed by atoms with Crippen molar-refractivity contribution in [2.45, 2.75) is 37.6 Å². The number of rotatable bonds is 7. The highest BCUT2D eigenvalue weighted by Crippen LogP contribution is 2.48. The Bertz CT molecular complexity index is 1400.